The Kier molecular flexibility index (Phi) is 5.96. The molecule has 2 amide bonds. The van der Waals surface area contributed by atoms with E-state index in [-0.39, 0.29) is 31.7 Å². The number of anilines is 1. The van der Waals surface area contributed by atoms with Crippen LogP contribution in [-0.4, -0.2) is 54.0 Å². The number of amides is 2. The van der Waals surface area contributed by atoms with Gasteiger partial charge in [-0.3, -0.25) is 14.4 Å². The SMILES string of the molecule is [2H]C([2H])(C(=O)O)C([2H])([2H])C(=O)N[C@@H](C(=O)N1CCN(c2cccc(C(F)(F)F)c2)CC1)c1ccccc1. The molecule has 1 saturated heterocycles. The van der Waals surface area contributed by atoms with Gasteiger partial charge >= 0.3 is 12.1 Å². The highest BCUT2D eigenvalue weighted by atomic mass is 19.4. The van der Waals surface area contributed by atoms with Gasteiger partial charge < -0.3 is 20.2 Å². The highest BCUT2D eigenvalue weighted by Gasteiger charge is 2.32. The van der Waals surface area contributed by atoms with Crippen LogP contribution >= 0.6 is 0 Å². The zero-order valence-electron chi connectivity index (χ0n) is 21.3. The van der Waals surface area contributed by atoms with Gasteiger partial charge in [0.25, 0.3) is 0 Å². The highest BCUT2D eigenvalue weighted by Crippen LogP contribution is 2.32. The molecular formula is C23H24F3N3O4. The third-order valence-electron chi connectivity index (χ3n) is 5.07. The first-order valence-corrected chi connectivity index (χ1v) is 9.96. The Morgan fingerprint density at radius 2 is 1.67 bits per heavy atom. The molecule has 0 aliphatic carbocycles. The van der Waals surface area contributed by atoms with Crippen LogP contribution in [0.25, 0.3) is 0 Å². The topological polar surface area (TPSA) is 89.9 Å². The summed E-state index contributed by atoms with van der Waals surface area (Å²) in [5.41, 5.74) is -0.211. The molecule has 0 unspecified atom stereocenters. The number of carbonyl (C=O) groups is 3. The van der Waals surface area contributed by atoms with E-state index in [0.717, 1.165) is 12.1 Å². The lowest BCUT2D eigenvalue weighted by molar-refractivity contribution is -0.139. The maximum Gasteiger partial charge on any atom is 0.416 e. The van der Waals surface area contributed by atoms with Gasteiger partial charge in [-0.15, -0.1) is 0 Å². The quantitative estimate of drug-likeness (QED) is 0.653. The van der Waals surface area contributed by atoms with Gasteiger partial charge in [-0.2, -0.15) is 13.2 Å². The van der Waals surface area contributed by atoms with Crippen LogP contribution in [0.5, 0.6) is 0 Å². The number of benzene rings is 2. The number of nitrogens with zero attached hydrogens (tertiary/aromatic N) is 2. The summed E-state index contributed by atoms with van der Waals surface area (Å²) < 4.78 is 69.7. The van der Waals surface area contributed by atoms with Crippen molar-refractivity contribution >= 4 is 23.5 Å². The lowest BCUT2D eigenvalue weighted by Crippen LogP contribution is -2.52. The molecule has 0 aromatic heterocycles. The first-order valence-electron chi connectivity index (χ1n) is 12.0. The normalized spacial score (nSPS) is 17.8. The summed E-state index contributed by atoms with van der Waals surface area (Å²) >= 11 is 0. The largest absolute Gasteiger partial charge is 0.481 e. The minimum Gasteiger partial charge on any atom is -0.481 e. The summed E-state index contributed by atoms with van der Waals surface area (Å²) in [4.78, 5) is 40.3. The van der Waals surface area contributed by atoms with Crippen LogP contribution in [0.3, 0.4) is 0 Å². The van der Waals surface area contributed by atoms with Gasteiger partial charge in [0.05, 0.1) is 11.9 Å². The van der Waals surface area contributed by atoms with Crippen LogP contribution in [0.1, 0.15) is 35.4 Å². The monoisotopic (exact) mass is 467 g/mol. The number of carboxylic acid groups (broad SMARTS) is 1. The molecular weight excluding hydrogens is 439 g/mol. The van der Waals surface area contributed by atoms with Gasteiger partial charge in [0, 0.05) is 43.7 Å². The third kappa shape index (κ3) is 6.47. The molecule has 2 aromatic carbocycles. The second kappa shape index (κ2) is 10.4. The molecule has 176 valence electrons. The molecule has 1 aliphatic heterocycles. The minimum atomic E-state index is -4.50. The van der Waals surface area contributed by atoms with Crippen molar-refractivity contribution in [3.63, 3.8) is 0 Å². The Morgan fingerprint density at radius 3 is 2.27 bits per heavy atom. The summed E-state index contributed by atoms with van der Waals surface area (Å²) in [5.74, 6) is -4.46. The van der Waals surface area contributed by atoms with Crippen LogP contribution in [-0.2, 0) is 20.6 Å². The van der Waals surface area contributed by atoms with Crippen LogP contribution in [0.4, 0.5) is 18.9 Å². The Morgan fingerprint density at radius 1 is 1.00 bits per heavy atom. The molecule has 0 radical (unpaired) electrons. The first kappa shape index (κ1) is 19.0. The van der Waals surface area contributed by atoms with Crippen molar-refractivity contribution < 1.29 is 38.1 Å². The van der Waals surface area contributed by atoms with E-state index in [1.54, 1.807) is 23.1 Å². The maximum atomic E-state index is 13.4. The lowest BCUT2D eigenvalue weighted by Gasteiger charge is -2.38. The smallest absolute Gasteiger partial charge is 0.416 e. The molecule has 2 aromatic rings. The van der Waals surface area contributed by atoms with E-state index in [1.165, 1.54) is 29.2 Å². The highest BCUT2D eigenvalue weighted by molar-refractivity contribution is 5.89. The number of aliphatic carboxylic acids is 1. The van der Waals surface area contributed by atoms with E-state index in [2.05, 4.69) is 5.32 Å². The zero-order valence-corrected chi connectivity index (χ0v) is 17.3. The minimum absolute atomic E-state index is 0.0805. The molecule has 1 atom stereocenters. The second-order valence-corrected chi connectivity index (χ2v) is 7.23. The van der Waals surface area contributed by atoms with Crippen molar-refractivity contribution in [3.8, 4) is 0 Å². The number of rotatable bonds is 7. The second-order valence-electron chi connectivity index (χ2n) is 7.23. The number of carboxylic acids is 1. The molecule has 1 aliphatic rings. The third-order valence-corrected chi connectivity index (χ3v) is 5.07. The van der Waals surface area contributed by atoms with Crippen LogP contribution < -0.4 is 10.2 Å². The Balaban J connectivity index is 1.78. The molecule has 10 heteroatoms. The van der Waals surface area contributed by atoms with E-state index < -0.39 is 48.3 Å². The molecule has 0 bridgehead atoms. The zero-order chi connectivity index (χ0) is 27.6. The fraction of sp³-hybridized carbons (Fsp3) is 0.348. The molecule has 33 heavy (non-hydrogen) atoms. The Labute approximate surface area is 194 Å². The number of piperazine rings is 1. The van der Waals surface area contributed by atoms with Crippen LogP contribution in [0.2, 0.25) is 0 Å². The molecule has 1 heterocycles. The summed E-state index contributed by atoms with van der Waals surface area (Å²) in [6.45, 7) is 0.532. The average Bonchev–Trinajstić information content (AvgIpc) is 2.86. The molecule has 2 N–H and O–H groups in total. The molecule has 0 saturated carbocycles. The lowest BCUT2D eigenvalue weighted by atomic mass is 10.0. The number of carbonyl (C=O) groups excluding carboxylic acids is 2. The number of nitrogens with one attached hydrogen (secondary N) is 1. The number of hydrogen-bond donors (Lipinski definition) is 2. The van der Waals surface area contributed by atoms with E-state index >= 15 is 0 Å². The van der Waals surface area contributed by atoms with E-state index in [9.17, 15) is 27.6 Å². The van der Waals surface area contributed by atoms with Gasteiger partial charge in [-0.1, -0.05) is 36.4 Å². The summed E-state index contributed by atoms with van der Waals surface area (Å²) in [6.07, 6.45) is -11.6. The van der Waals surface area contributed by atoms with Crippen LogP contribution in [0.15, 0.2) is 54.6 Å². The molecule has 0 spiro atoms. The maximum absolute atomic E-state index is 13.4. The standard InChI is InChI=1S/C23H24F3N3O4/c24-23(25,26)17-7-4-8-18(15-17)28-11-13-29(14-12-28)22(33)21(16-5-2-1-3-6-16)27-19(30)9-10-20(31)32/h1-8,15,21H,9-14H2,(H,27,30)(H,31,32)/t21-/m1/s1/i9D2,10D2. The predicted molar refractivity (Wildman–Crippen MR) is 114 cm³/mol. The summed E-state index contributed by atoms with van der Waals surface area (Å²) in [5, 5.41) is 11.2. The fourth-order valence-electron chi connectivity index (χ4n) is 3.46. The van der Waals surface area contributed by atoms with Gasteiger partial charge in [0.2, 0.25) is 11.8 Å². The van der Waals surface area contributed by atoms with Gasteiger partial charge in [-0.25, -0.2) is 0 Å². The van der Waals surface area contributed by atoms with Crippen LogP contribution in [0, 0.1) is 0 Å². The van der Waals surface area contributed by atoms with Gasteiger partial charge in [-0.05, 0) is 23.8 Å². The number of halogens is 3. The predicted octanol–water partition coefficient (Wildman–Crippen LogP) is 3.08. The molecule has 3 rings (SSSR count). The van der Waals surface area contributed by atoms with Crippen molar-refractivity contribution in [3.05, 3.63) is 65.7 Å². The fourth-order valence-corrected chi connectivity index (χ4v) is 3.46. The van der Waals surface area contributed by atoms with Crippen molar-refractivity contribution in [1.82, 2.24) is 10.2 Å². The van der Waals surface area contributed by atoms with E-state index in [1.807, 2.05) is 0 Å². The van der Waals surface area contributed by atoms with E-state index in [4.69, 9.17) is 10.6 Å². The van der Waals surface area contributed by atoms with Gasteiger partial charge in [0.1, 0.15) is 6.04 Å². The summed E-state index contributed by atoms with van der Waals surface area (Å²) in [7, 11) is 0. The van der Waals surface area contributed by atoms with Crippen molar-refractivity contribution in [2.45, 2.75) is 25.0 Å². The number of hydrogen-bond acceptors (Lipinski definition) is 4. The van der Waals surface area contributed by atoms with Gasteiger partial charge in [0.15, 0.2) is 0 Å². The summed E-state index contributed by atoms with van der Waals surface area (Å²) in [6, 6.07) is 11.1. The van der Waals surface area contributed by atoms with Crippen molar-refractivity contribution in [1.29, 1.82) is 0 Å². The van der Waals surface area contributed by atoms with Crippen molar-refractivity contribution in [2.75, 3.05) is 31.1 Å². The first-order chi connectivity index (χ1) is 17.2. The van der Waals surface area contributed by atoms with E-state index in [0.29, 0.717) is 5.69 Å². The molecule has 1 fully saturated rings. The Hall–Kier alpha value is -3.56. The molecule has 7 nitrogen and oxygen atoms in total. The van der Waals surface area contributed by atoms with Crippen molar-refractivity contribution in [2.24, 2.45) is 0 Å². The average molecular weight is 467 g/mol. The number of alkyl halides is 3. The Bertz CT molecular complexity index is 1160.